The highest BCUT2D eigenvalue weighted by Crippen LogP contribution is 2.15. The normalized spacial score (nSPS) is 9.73. The lowest BCUT2D eigenvalue weighted by atomic mass is 10.2. The number of nitrogens with one attached hydrogen (secondary N) is 1. The molecule has 15 heavy (non-hydrogen) atoms. The molecule has 0 aromatic heterocycles. The van der Waals surface area contributed by atoms with Crippen molar-refractivity contribution in [3.63, 3.8) is 0 Å². The smallest absolute Gasteiger partial charge is 0.322 e. The lowest BCUT2D eigenvalue weighted by Gasteiger charge is -2.02. The first kappa shape index (κ1) is 11.5. The molecule has 0 unspecified atom stereocenters. The number of halogens is 2. The van der Waals surface area contributed by atoms with Crippen molar-refractivity contribution in [1.29, 1.82) is 0 Å². The summed E-state index contributed by atoms with van der Waals surface area (Å²) in [6.07, 6.45) is 0. The Bertz CT molecular complexity index is 408. The quantitative estimate of drug-likeness (QED) is 0.824. The van der Waals surface area contributed by atoms with Crippen LogP contribution in [0.3, 0.4) is 0 Å². The Morgan fingerprint density at radius 3 is 2.67 bits per heavy atom. The lowest BCUT2D eigenvalue weighted by Crippen LogP contribution is -2.29. The maximum absolute atomic E-state index is 12.9. The van der Waals surface area contributed by atoms with Crippen LogP contribution in [0.25, 0.3) is 0 Å². The minimum Gasteiger partial charge on any atom is -0.480 e. The van der Waals surface area contributed by atoms with Crippen LogP contribution >= 0.6 is 11.6 Å². The third-order valence-corrected chi connectivity index (χ3v) is 1.89. The zero-order valence-corrected chi connectivity index (χ0v) is 8.21. The van der Waals surface area contributed by atoms with Crippen LogP contribution in [-0.4, -0.2) is 23.5 Å². The molecule has 0 heterocycles. The predicted octanol–water partition coefficient (Wildman–Crippen LogP) is 1.29. The van der Waals surface area contributed by atoms with Gasteiger partial charge in [-0.3, -0.25) is 9.59 Å². The number of carboxylic acid groups (broad SMARTS) is 1. The predicted molar refractivity (Wildman–Crippen MR) is 51.4 cm³/mol. The van der Waals surface area contributed by atoms with Crippen LogP contribution in [0.5, 0.6) is 0 Å². The van der Waals surface area contributed by atoms with Gasteiger partial charge in [-0.15, -0.1) is 0 Å². The van der Waals surface area contributed by atoms with E-state index in [9.17, 15) is 14.0 Å². The van der Waals surface area contributed by atoms with Gasteiger partial charge in [0, 0.05) is 5.56 Å². The molecular formula is C9H7ClFNO3. The highest BCUT2D eigenvalue weighted by atomic mass is 35.5. The van der Waals surface area contributed by atoms with Crippen molar-refractivity contribution < 1.29 is 19.1 Å². The van der Waals surface area contributed by atoms with E-state index in [1.165, 1.54) is 12.1 Å². The van der Waals surface area contributed by atoms with E-state index in [-0.39, 0.29) is 10.6 Å². The number of amides is 1. The van der Waals surface area contributed by atoms with Gasteiger partial charge in [-0.05, 0) is 18.2 Å². The molecule has 0 saturated carbocycles. The molecule has 0 spiro atoms. The van der Waals surface area contributed by atoms with Crippen LogP contribution in [0.15, 0.2) is 18.2 Å². The van der Waals surface area contributed by atoms with E-state index in [0.29, 0.717) is 0 Å². The summed E-state index contributed by atoms with van der Waals surface area (Å²) in [5.41, 5.74) is 0.0261. The van der Waals surface area contributed by atoms with E-state index in [2.05, 4.69) is 5.32 Å². The van der Waals surface area contributed by atoms with Gasteiger partial charge in [0.1, 0.15) is 12.4 Å². The largest absolute Gasteiger partial charge is 0.480 e. The summed E-state index contributed by atoms with van der Waals surface area (Å²) in [7, 11) is 0. The summed E-state index contributed by atoms with van der Waals surface area (Å²) in [6, 6.07) is 3.48. The van der Waals surface area contributed by atoms with Gasteiger partial charge in [0.2, 0.25) is 0 Å². The average molecular weight is 232 g/mol. The number of aliphatic carboxylic acids is 1. The number of hydrogen-bond acceptors (Lipinski definition) is 2. The van der Waals surface area contributed by atoms with E-state index < -0.39 is 24.2 Å². The van der Waals surface area contributed by atoms with Gasteiger partial charge in [-0.1, -0.05) is 11.6 Å². The molecule has 6 heteroatoms. The molecule has 0 radical (unpaired) electrons. The highest BCUT2D eigenvalue weighted by molar-refractivity contribution is 6.30. The first-order valence-electron chi connectivity index (χ1n) is 3.95. The summed E-state index contributed by atoms with van der Waals surface area (Å²) in [5, 5.41) is 10.3. The van der Waals surface area contributed by atoms with Gasteiger partial charge in [0.25, 0.3) is 5.91 Å². The minimum atomic E-state index is -1.17. The average Bonchev–Trinajstić information content (AvgIpc) is 2.18. The molecule has 1 aromatic rings. The molecular weight excluding hydrogens is 225 g/mol. The van der Waals surface area contributed by atoms with Crippen LogP contribution in [0, 0.1) is 5.82 Å². The molecule has 0 atom stereocenters. The van der Waals surface area contributed by atoms with Crippen LogP contribution in [-0.2, 0) is 4.79 Å². The van der Waals surface area contributed by atoms with Gasteiger partial charge in [0.15, 0.2) is 0 Å². The van der Waals surface area contributed by atoms with Crippen LogP contribution in [0.2, 0.25) is 5.02 Å². The van der Waals surface area contributed by atoms with Crippen LogP contribution < -0.4 is 5.32 Å². The number of carbonyl (C=O) groups is 2. The van der Waals surface area contributed by atoms with Crippen LogP contribution in [0.1, 0.15) is 10.4 Å². The van der Waals surface area contributed by atoms with Crippen molar-refractivity contribution >= 4 is 23.5 Å². The van der Waals surface area contributed by atoms with Crippen molar-refractivity contribution in [2.24, 2.45) is 0 Å². The van der Waals surface area contributed by atoms with Crippen molar-refractivity contribution in [1.82, 2.24) is 5.32 Å². The zero-order valence-electron chi connectivity index (χ0n) is 7.46. The molecule has 0 aliphatic carbocycles. The number of carbonyl (C=O) groups excluding carboxylic acids is 1. The number of hydrogen-bond donors (Lipinski definition) is 2. The monoisotopic (exact) mass is 231 g/mol. The fourth-order valence-corrected chi connectivity index (χ4v) is 1.01. The second kappa shape index (κ2) is 4.75. The highest BCUT2D eigenvalue weighted by Gasteiger charge is 2.09. The maximum Gasteiger partial charge on any atom is 0.322 e. The molecule has 0 aliphatic rings. The molecule has 1 rings (SSSR count). The molecule has 0 saturated heterocycles. The van der Waals surface area contributed by atoms with Gasteiger partial charge in [-0.2, -0.15) is 0 Å². The third-order valence-electron chi connectivity index (χ3n) is 1.58. The summed E-state index contributed by atoms with van der Waals surface area (Å²) >= 11 is 5.41. The Balaban J connectivity index is 2.74. The first-order chi connectivity index (χ1) is 7.00. The standard InChI is InChI=1S/C9H7ClFNO3/c10-6-2-1-5(3-7(6)11)9(15)12-4-8(13)14/h1-3H,4H2,(H,12,15)(H,13,14). The summed E-state index contributed by atoms with van der Waals surface area (Å²) in [5.74, 6) is -2.55. The van der Waals surface area contributed by atoms with E-state index in [0.717, 1.165) is 6.07 Å². The Morgan fingerprint density at radius 1 is 1.47 bits per heavy atom. The fourth-order valence-electron chi connectivity index (χ4n) is 0.895. The van der Waals surface area contributed by atoms with Crippen LogP contribution in [0.4, 0.5) is 4.39 Å². The Morgan fingerprint density at radius 2 is 2.13 bits per heavy atom. The fraction of sp³-hybridized carbons (Fsp3) is 0.111. The number of carboxylic acids is 1. The molecule has 0 aliphatic heterocycles. The molecule has 0 bridgehead atoms. The van der Waals surface area contributed by atoms with Gasteiger partial charge in [-0.25, -0.2) is 4.39 Å². The van der Waals surface area contributed by atoms with Gasteiger partial charge in [0.05, 0.1) is 5.02 Å². The van der Waals surface area contributed by atoms with Crippen molar-refractivity contribution in [2.75, 3.05) is 6.54 Å². The summed E-state index contributed by atoms with van der Waals surface area (Å²) < 4.78 is 12.9. The zero-order chi connectivity index (χ0) is 11.4. The molecule has 2 N–H and O–H groups in total. The molecule has 1 amide bonds. The minimum absolute atomic E-state index is 0.0261. The second-order valence-corrected chi connectivity index (χ2v) is 3.11. The Labute approximate surface area is 89.7 Å². The second-order valence-electron chi connectivity index (χ2n) is 2.71. The number of benzene rings is 1. The Kier molecular flexibility index (Phi) is 3.62. The van der Waals surface area contributed by atoms with E-state index >= 15 is 0 Å². The van der Waals surface area contributed by atoms with Crippen molar-refractivity contribution in [3.05, 3.63) is 34.6 Å². The lowest BCUT2D eigenvalue weighted by molar-refractivity contribution is -0.135. The molecule has 0 fully saturated rings. The van der Waals surface area contributed by atoms with E-state index in [4.69, 9.17) is 16.7 Å². The summed E-state index contributed by atoms with van der Waals surface area (Å²) in [6.45, 7) is -0.511. The first-order valence-corrected chi connectivity index (χ1v) is 4.33. The maximum atomic E-state index is 12.9. The summed E-state index contributed by atoms with van der Waals surface area (Å²) in [4.78, 5) is 21.4. The topological polar surface area (TPSA) is 66.4 Å². The van der Waals surface area contributed by atoms with Gasteiger partial charge < -0.3 is 10.4 Å². The van der Waals surface area contributed by atoms with Crippen molar-refractivity contribution in [2.45, 2.75) is 0 Å². The molecule has 1 aromatic carbocycles. The van der Waals surface area contributed by atoms with Gasteiger partial charge >= 0.3 is 5.97 Å². The third kappa shape index (κ3) is 3.21. The SMILES string of the molecule is O=C(O)CNC(=O)c1ccc(Cl)c(F)c1. The molecule has 4 nitrogen and oxygen atoms in total. The molecule has 80 valence electrons. The van der Waals surface area contributed by atoms with E-state index in [1.807, 2.05) is 0 Å². The van der Waals surface area contributed by atoms with E-state index in [1.54, 1.807) is 0 Å². The Hall–Kier alpha value is -1.62. The van der Waals surface area contributed by atoms with Crippen molar-refractivity contribution in [3.8, 4) is 0 Å². The number of rotatable bonds is 3.